The second-order valence-corrected chi connectivity index (χ2v) is 7.09. The standard InChI is InChI=1S/C19H17ClN2O5S/c1-25-12-5-6-13(15(9-12)26-2)18(24)21-19-22(10-17(23)27-3)14-7-4-11(20)8-16(14)28-19/h4-9H,10H2,1-3H3. The molecule has 0 spiro atoms. The Morgan fingerprint density at radius 3 is 2.57 bits per heavy atom. The Kier molecular flexibility index (Phi) is 6.01. The second-order valence-electron chi connectivity index (χ2n) is 5.64. The lowest BCUT2D eigenvalue weighted by Crippen LogP contribution is -2.22. The highest BCUT2D eigenvalue weighted by Gasteiger charge is 2.16. The van der Waals surface area contributed by atoms with E-state index in [4.69, 9.17) is 25.8 Å². The number of rotatable bonds is 5. The number of benzene rings is 2. The van der Waals surface area contributed by atoms with Gasteiger partial charge in [0.05, 0.1) is 37.1 Å². The number of fused-ring (bicyclic) bond motifs is 1. The summed E-state index contributed by atoms with van der Waals surface area (Å²) in [5.74, 6) is -0.0521. The Balaban J connectivity index is 2.14. The van der Waals surface area contributed by atoms with Crippen LogP contribution in [0, 0.1) is 0 Å². The van der Waals surface area contributed by atoms with Crippen LogP contribution in [0.2, 0.25) is 5.02 Å². The summed E-state index contributed by atoms with van der Waals surface area (Å²) in [6.45, 7) is -0.0794. The molecule has 0 radical (unpaired) electrons. The van der Waals surface area contributed by atoms with Crippen LogP contribution in [-0.2, 0) is 16.1 Å². The normalized spacial score (nSPS) is 11.5. The van der Waals surface area contributed by atoms with Crippen LogP contribution in [-0.4, -0.2) is 37.8 Å². The Labute approximate surface area is 169 Å². The average molecular weight is 421 g/mol. The number of ether oxygens (including phenoxy) is 3. The van der Waals surface area contributed by atoms with Gasteiger partial charge in [0.1, 0.15) is 18.0 Å². The molecule has 0 unspecified atom stereocenters. The van der Waals surface area contributed by atoms with Crippen LogP contribution in [0.4, 0.5) is 0 Å². The summed E-state index contributed by atoms with van der Waals surface area (Å²) in [5.41, 5.74) is 1.01. The molecular formula is C19H17ClN2O5S. The monoisotopic (exact) mass is 420 g/mol. The molecular weight excluding hydrogens is 404 g/mol. The SMILES string of the molecule is COC(=O)Cn1c(=NC(=O)c2ccc(OC)cc2OC)sc2cc(Cl)ccc21. The van der Waals surface area contributed by atoms with Crippen molar-refractivity contribution < 1.29 is 23.8 Å². The van der Waals surface area contributed by atoms with E-state index >= 15 is 0 Å². The molecule has 0 saturated carbocycles. The number of aromatic nitrogens is 1. The molecule has 0 N–H and O–H groups in total. The third-order valence-corrected chi connectivity index (χ3v) is 5.27. The fourth-order valence-corrected chi connectivity index (χ4v) is 3.90. The van der Waals surface area contributed by atoms with Gasteiger partial charge in [0.25, 0.3) is 5.91 Å². The van der Waals surface area contributed by atoms with Crippen molar-refractivity contribution in [3.63, 3.8) is 0 Å². The number of methoxy groups -OCH3 is 3. The number of thiazole rings is 1. The van der Waals surface area contributed by atoms with E-state index in [1.165, 1.54) is 32.7 Å². The van der Waals surface area contributed by atoms with Gasteiger partial charge in [-0.05, 0) is 30.3 Å². The van der Waals surface area contributed by atoms with E-state index in [-0.39, 0.29) is 12.1 Å². The quantitative estimate of drug-likeness (QED) is 0.592. The predicted octanol–water partition coefficient (Wildman–Crippen LogP) is 3.29. The van der Waals surface area contributed by atoms with Crippen molar-refractivity contribution in [1.82, 2.24) is 4.57 Å². The van der Waals surface area contributed by atoms with Crippen LogP contribution in [0.5, 0.6) is 11.5 Å². The highest BCUT2D eigenvalue weighted by Crippen LogP contribution is 2.26. The molecule has 7 nitrogen and oxygen atoms in total. The molecule has 0 aliphatic carbocycles. The van der Waals surface area contributed by atoms with Crippen LogP contribution in [0.25, 0.3) is 10.2 Å². The molecule has 2 aromatic carbocycles. The molecule has 1 aromatic heterocycles. The van der Waals surface area contributed by atoms with Crippen molar-refractivity contribution in [2.24, 2.45) is 4.99 Å². The molecule has 0 fully saturated rings. The van der Waals surface area contributed by atoms with Crippen LogP contribution in [0.1, 0.15) is 10.4 Å². The molecule has 0 atom stereocenters. The molecule has 3 aromatic rings. The first-order chi connectivity index (χ1) is 13.5. The van der Waals surface area contributed by atoms with Crippen molar-refractivity contribution in [2.45, 2.75) is 6.54 Å². The van der Waals surface area contributed by atoms with Gasteiger partial charge in [-0.3, -0.25) is 9.59 Å². The smallest absolute Gasteiger partial charge is 0.325 e. The molecule has 1 heterocycles. The highest BCUT2D eigenvalue weighted by atomic mass is 35.5. The van der Waals surface area contributed by atoms with Crippen LogP contribution < -0.4 is 14.3 Å². The van der Waals surface area contributed by atoms with Gasteiger partial charge in [0.2, 0.25) is 0 Å². The lowest BCUT2D eigenvalue weighted by molar-refractivity contribution is -0.141. The second kappa shape index (κ2) is 8.45. The first kappa shape index (κ1) is 19.9. The fourth-order valence-electron chi connectivity index (χ4n) is 2.60. The van der Waals surface area contributed by atoms with Crippen LogP contribution >= 0.6 is 22.9 Å². The molecule has 1 amide bonds. The Morgan fingerprint density at radius 2 is 1.89 bits per heavy atom. The lowest BCUT2D eigenvalue weighted by atomic mass is 10.2. The number of halogens is 1. The Morgan fingerprint density at radius 1 is 1.11 bits per heavy atom. The van der Waals surface area contributed by atoms with Crippen molar-refractivity contribution in [3.05, 3.63) is 51.8 Å². The summed E-state index contributed by atoms with van der Waals surface area (Å²) in [7, 11) is 4.29. The summed E-state index contributed by atoms with van der Waals surface area (Å²) < 4.78 is 17.6. The molecule has 0 aliphatic heterocycles. The van der Waals surface area contributed by atoms with E-state index < -0.39 is 11.9 Å². The molecule has 9 heteroatoms. The molecule has 0 aliphatic rings. The third kappa shape index (κ3) is 4.02. The van der Waals surface area contributed by atoms with E-state index in [9.17, 15) is 9.59 Å². The third-order valence-electron chi connectivity index (χ3n) is 4.00. The van der Waals surface area contributed by atoms with Gasteiger partial charge in [0, 0.05) is 11.1 Å². The summed E-state index contributed by atoms with van der Waals surface area (Å²) in [6, 6.07) is 10.1. The van der Waals surface area contributed by atoms with Gasteiger partial charge in [-0.1, -0.05) is 22.9 Å². The van der Waals surface area contributed by atoms with E-state index in [0.717, 1.165) is 10.2 Å². The molecule has 28 heavy (non-hydrogen) atoms. The maximum Gasteiger partial charge on any atom is 0.325 e. The van der Waals surface area contributed by atoms with Crippen LogP contribution in [0.3, 0.4) is 0 Å². The summed E-state index contributed by atoms with van der Waals surface area (Å²) in [5, 5.41) is 0.550. The topological polar surface area (TPSA) is 79.1 Å². The maximum atomic E-state index is 12.8. The maximum absolute atomic E-state index is 12.8. The van der Waals surface area contributed by atoms with E-state index in [2.05, 4.69) is 4.99 Å². The fraction of sp³-hybridized carbons (Fsp3) is 0.211. The van der Waals surface area contributed by atoms with Gasteiger partial charge in [0.15, 0.2) is 4.80 Å². The van der Waals surface area contributed by atoms with Crippen molar-refractivity contribution in [3.8, 4) is 11.5 Å². The van der Waals surface area contributed by atoms with Gasteiger partial charge >= 0.3 is 5.97 Å². The minimum absolute atomic E-state index is 0.0794. The minimum Gasteiger partial charge on any atom is -0.497 e. The van der Waals surface area contributed by atoms with E-state index in [1.807, 2.05) is 0 Å². The van der Waals surface area contributed by atoms with Gasteiger partial charge in [-0.25, -0.2) is 0 Å². The molecule has 0 saturated heterocycles. The van der Waals surface area contributed by atoms with Crippen molar-refractivity contribution in [1.29, 1.82) is 0 Å². The first-order valence-corrected chi connectivity index (χ1v) is 9.33. The summed E-state index contributed by atoms with van der Waals surface area (Å²) in [6.07, 6.45) is 0. The predicted molar refractivity (Wildman–Crippen MR) is 106 cm³/mol. The molecule has 0 bridgehead atoms. The van der Waals surface area contributed by atoms with Gasteiger partial charge in [-0.15, -0.1) is 0 Å². The molecule has 3 rings (SSSR count). The van der Waals surface area contributed by atoms with Crippen LogP contribution in [0.15, 0.2) is 41.4 Å². The highest BCUT2D eigenvalue weighted by molar-refractivity contribution is 7.16. The zero-order valence-corrected chi connectivity index (χ0v) is 17.0. The number of hydrogen-bond donors (Lipinski definition) is 0. The number of carbonyl (C=O) groups excluding carboxylic acids is 2. The van der Waals surface area contributed by atoms with Crippen molar-refractivity contribution >= 4 is 45.0 Å². The Bertz CT molecular complexity index is 1120. The number of hydrogen-bond acceptors (Lipinski definition) is 6. The molecule has 146 valence electrons. The van der Waals surface area contributed by atoms with Gasteiger partial charge < -0.3 is 18.8 Å². The number of carbonyl (C=O) groups is 2. The largest absolute Gasteiger partial charge is 0.497 e. The zero-order chi connectivity index (χ0) is 20.3. The van der Waals surface area contributed by atoms with Gasteiger partial charge in [-0.2, -0.15) is 4.99 Å². The summed E-state index contributed by atoms with van der Waals surface area (Å²) >= 11 is 7.32. The Hall–Kier alpha value is -2.84. The van der Waals surface area contributed by atoms with Crippen molar-refractivity contribution in [2.75, 3.05) is 21.3 Å². The zero-order valence-electron chi connectivity index (χ0n) is 15.4. The summed E-state index contributed by atoms with van der Waals surface area (Å²) in [4.78, 5) is 29.2. The van der Waals surface area contributed by atoms with E-state index in [0.29, 0.717) is 21.3 Å². The van der Waals surface area contributed by atoms with E-state index in [1.54, 1.807) is 41.0 Å². The number of amides is 1. The minimum atomic E-state index is -0.504. The lowest BCUT2D eigenvalue weighted by Gasteiger charge is -2.07. The number of esters is 1. The average Bonchev–Trinajstić information content (AvgIpc) is 3.02. The first-order valence-electron chi connectivity index (χ1n) is 8.13. The number of nitrogens with zero attached hydrogens (tertiary/aromatic N) is 2.